The van der Waals surface area contributed by atoms with E-state index < -0.39 is 0 Å². The smallest absolute Gasteiger partial charge is 0.119 e. The van der Waals surface area contributed by atoms with Crippen molar-refractivity contribution in [2.75, 3.05) is 25.4 Å². The summed E-state index contributed by atoms with van der Waals surface area (Å²) in [6.07, 6.45) is 1.08. The van der Waals surface area contributed by atoms with E-state index in [0.717, 1.165) is 36.1 Å². The van der Waals surface area contributed by atoms with Crippen molar-refractivity contribution >= 4 is 11.8 Å². The van der Waals surface area contributed by atoms with E-state index in [-0.39, 0.29) is 0 Å². The molecule has 1 fully saturated rings. The average molecular weight is 294 g/mol. The van der Waals surface area contributed by atoms with Crippen LogP contribution in [0.2, 0.25) is 0 Å². The lowest BCUT2D eigenvalue weighted by Crippen LogP contribution is -2.45. The summed E-state index contributed by atoms with van der Waals surface area (Å²) in [5, 5.41) is 0.744. The maximum atomic E-state index is 5.79. The van der Waals surface area contributed by atoms with Crippen molar-refractivity contribution < 1.29 is 4.74 Å². The number of benzene rings is 1. The highest BCUT2D eigenvalue weighted by atomic mass is 32.2. The van der Waals surface area contributed by atoms with E-state index in [2.05, 4.69) is 30.5 Å². The molecular weight excluding hydrogens is 268 g/mol. The monoisotopic (exact) mass is 294 g/mol. The second-order valence-electron chi connectivity index (χ2n) is 5.40. The normalized spacial score (nSPS) is 23.8. The quantitative estimate of drug-likeness (QED) is 0.819. The lowest BCUT2D eigenvalue weighted by atomic mass is 10.2. The highest BCUT2D eigenvalue weighted by Crippen LogP contribution is 2.24. The van der Waals surface area contributed by atoms with Gasteiger partial charge in [-0.2, -0.15) is 11.8 Å². The first kappa shape index (κ1) is 15.7. The summed E-state index contributed by atoms with van der Waals surface area (Å²) in [7, 11) is 0. The molecule has 1 aliphatic rings. The van der Waals surface area contributed by atoms with Gasteiger partial charge in [0.25, 0.3) is 0 Å². The Kier molecular flexibility index (Phi) is 6.20. The van der Waals surface area contributed by atoms with Crippen LogP contribution in [0.4, 0.5) is 0 Å². The number of hydrogen-bond acceptors (Lipinski definition) is 4. The molecule has 0 saturated carbocycles. The van der Waals surface area contributed by atoms with Crippen LogP contribution in [-0.4, -0.2) is 41.6 Å². The van der Waals surface area contributed by atoms with Crippen molar-refractivity contribution in [1.29, 1.82) is 0 Å². The number of ether oxygens (including phenoxy) is 1. The fourth-order valence-corrected chi connectivity index (χ4v) is 3.65. The summed E-state index contributed by atoms with van der Waals surface area (Å²) in [4.78, 5) is 2.59. The Labute approximate surface area is 126 Å². The summed E-state index contributed by atoms with van der Waals surface area (Å²) in [5.74, 6) is 2.20. The summed E-state index contributed by atoms with van der Waals surface area (Å²) in [5.41, 5.74) is 6.72. The highest BCUT2D eigenvalue weighted by Gasteiger charge is 2.24. The van der Waals surface area contributed by atoms with Gasteiger partial charge in [-0.1, -0.05) is 19.1 Å². The molecule has 4 heteroatoms. The molecule has 0 bridgehead atoms. The minimum Gasteiger partial charge on any atom is -0.494 e. The molecule has 1 saturated heterocycles. The first-order valence-electron chi connectivity index (χ1n) is 7.48. The molecule has 2 unspecified atom stereocenters. The van der Waals surface area contributed by atoms with Crippen LogP contribution in [0, 0.1) is 0 Å². The van der Waals surface area contributed by atoms with Crippen molar-refractivity contribution in [1.82, 2.24) is 4.90 Å². The van der Waals surface area contributed by atoms with Crippen molar-refractivity contribution in [2.24, 2.45) is 5.73 Å². The van der Waals surface area contributed by atoms with Gasteiger partial charge in [0.05, 0.1) is 6.61 Å². The second-order valence-corrected chi connectivity index (χ2v) is 6.89. The van der Waals surface area contributed by atoms with Crippen molar-refractivity contribution in [3.63, 3.8) is 0 Å². The number of hydrogen-bond donors (Lipinski definition) is 1. The van der Waals surface area contributed by atoms with E-state index in [9.17, 15) is 0 Å². The zero-order valence-corrected chi connectivity index (χ0v) is 13.4. The zero-order valence-electron chi connectivity index (χ0n) is 12.5. The standard InChI is InChI=1S/C16H26N2OS/c1-13-14(2)20-11-9-18(13)8-3-10-19-16-6-4-15(12-17)5-7-16/h4-7,13-14H,3,8-12,17H2,1-2H3. The SMILES string of the molecule is CC1SCCN(CCCOc2ccc(CN)cc2)C1C. The van der Waals surface area contributed by atoms with Crippen LogP contribution in [0.1, 0.15) is 25.8 Å². The van der Waals surface area contributed by atoms with E-state index in [4.69, 9.17) is 10.5 Å². The highest BCUT2D eigenvalue weighted by molar-refractivity contribution is 8.00. The molecular formula is C16H26N2OS. The van der Waals surface area contributed by atoms with Crippen LogP contribution in [0.5, 0.6) is 5.75 Å². The van der Waals surface area contributed by atoms with Crippen molar-refractivity contribution in [3.8, 4) is 5.75 Å². The number of rotatable bonds is 6. The molecule has 2 rings (SSSR count). The molecule has 0 amide bonds. The zero-order chi connectivity index (χ0) is 14.4. The Bertz CT molecular complexity index is 396. The van der Waals surface area contributed by atoms with Gasteiger partial charge >= 0.3 is 0 Å². The molecule has 3 nitrogen and oxygen atoms in total. The van der Waals surface area contributed by atoms with Crippen molar-refractivity contribution in [3.05, 3.63) is 29.8 Å². The molecule has 0 radical (unpaired) electrons. The van der Waals surface area contributed by atoms with Crippen LogP contribution < -0.4 is 10.5 Å². The van der Waals surface area contributed by atoms with Gasteiger partial charge in [-0.3, -0.25) is 4.90 Å². The van der Waals surface area contributed by atoms with E-state index in [1.54, 1.807) is 0 Å². The van der Waals surface area contributed by atoms with E-state index in [1.165, 1.54) is 12.3 Å². The molecule has 112 valence electrons. The van der Waals surface area contributed by atoms with Crippen LogP contribution in [0.3, 0.4) is 0 Å². The predicted octanol–water partition coefficient (Wildman–Crippen LogP) is 2.74. The molecule has 1 aromatic carbocycles. The Morgan fingerprint density at radius 2 is 2.05 bits per heavy atom. The minimum atomic E-state index is 0.587. The van der Waals surface area contributed by atoms with E-state index in [0.29, 0.717) is 12.6 Å². The van der Waals surface area contributed by atoms with Crippen molar-refractivity contribution in [2.45, 2.75) is 38.1 Å². The molecule has 1 heterocycles. The predicted molar refractivity (Wildman–Crippen MR) is 87.4 cm³/mol. The number of thioether (sulfide) groups is 1. The van der Waals surface area contributed by atoms with Gasteiger partial charge < -0.3 is 10.5 Å². The average Bonchev–Trinajstić information content (AvgIpc) is 2.48. The third-order valence-corrected chi connectivity index (χ3v) is 5.37. The molecule has 1 aromatic rings. The number of nitrogens with zero attached hydrogens (tertiary/aromatic N) is 1. The van der Waals surface area contributed by atoms with Crippen LogP contribution in [-0.2, 0) is 6.54 Å². The molecule has 2 atom stereocenters. The van der Waals surface area contributed by atoms with Gasteiger partial charge in [-0.05, 0) is 31.0 Å². The van der Waals surface area contributed by atoms with Gasteiger partial charge in [0.15, 0.2) is 0 Å². The molecule has 0 aliphatic carbocycles. The van der Waals surface area contributed by atoms with Crippen LogP contribution in [0.15, 0.2) is 24.3 Å². The lowest BCUT2D eigenvalue weighted by Gasteiger charge is -2.37. The molecule has 1 aliphatic heterocycles. The largest absolute Gasteiger partial charge is 0.494 e. The summed E-state index contributed by atoms with van der Waals surface area (Å²) in [6, 6.07) is 8.74. The third-order valence-electron chi connectivity index (χ3n) is 4.03. The molecule has 0 spiro atoms. The maximum absolute atomic E-state index is 5.79. The van der Waals surface area contributed by atoms with Gasteiger partial charge in [0.1, 0.15) is 5.75 Å². The summed E-state index contributed by atoms with van der Waals surface area (Å²) >= 11 is 2.09. The Balaban J connectivity index is 1.68. The van der Waals surface area contributed by atoms with Gasteiger partial charge in [-0.15, -0.1) is 0 Å². The van der Waals surface area contributed by atoms with Gasteiger partial charge in [0, 0.05) is 36.7 Å². The van der Waals surface area contributed by atoms with Crippen LogP contribution >= 0.6 is 11.8 Å². The maximum Gasteiger partial charge on any atom is 0.119 e. The van der Waals surface area contributed by atoms with E-state index in [1.807, 2.05) is 24.3 Å². The molecule has 0 aromatic heterocycles. The fourth-order valence-electron chi connectivity index (χ4n) is 2.49. The Hall–Kier alpha value is -0.710. The van der Waals surface area contributed by atoms with E-state index >= 15 is 0 Å². The van der Waals surface area contributed by atoms with Crippen LogP contribution in [0.25, 0.3) is 0 Å². The first-order chi connectivity index (χ1) is 9.70. The minimum absolute atomic E-state index is 0.587. The Morgan fingerprint density at radius 3 is 2.75 bits per heavy atom. The molecule has 20 heavy (non-hydrogen) atoms. The summed E-state index contributed by atoms with van der Waals surface area (Å²) in [6.45, 7) is 8.38. The third kappa shape index (κ3) is 4.40. The fraction of sp³-hybridized carbons (Fsp3) is 0.625. The lowest BCUT2D eigenvalue weighted by molar-refractivity contribution is 0.191. The molecule has 2 N–H and O–H groups in total. The van der Waals surface area contributed by atoms with Gasteiger partial charge in [0.2, 0.25) is 0 Å². The second kappa shape index (κ2) is 7.91. The summed E-state index contributed by atoms with van der Waals surface area (Å²) < 4.78 is 5.79. The topological polar surface area (TPSA) is 38.5 Å². The Morgan fingerprint density at radius 1 is 1.30 bits per heavy atom. The number of nitrogens with two attached hydrogens (primary N) is 1. The first-order valence-corrected chi connectivity index (χ1v) is 8.53. The van der Waals surface area contributed by atoms with Gasteiger partial charge in [-0.25, -0.2) is 0 Å².